The van der Waals surface area contributed by atoms with Crippen LogP contribution in [0.3, 0.4) is 0 Å². The van der Waals surface area contributed by atoms with E-state index in [1.165, 1.54) is 4.31 Å². The molecule has 9 heteroatoms. The fraction of sp³-hybridized carbons (Fsp3) is 0.333. The smallest absolute Gasteiger partial charge is 0.266 e. The summed E-state index contributed by atoms with van der Waals surface area (Å²) in [4.78, 5) is 6.61. The Balaban J connectivity index is 1.58. The number of hydrogen-bond acceptors (Lipinski definition) is 5. The molecule has 0 aromatic heterocycles. The van der Waals surface area contributed by atoms with Crippen molar-refractivity contribution in [1.82, 2.24) is 9.62 Å². The third kappa shape index (κ3) is 3.75. The van der Waals surface area contributed by atoms with Crippen LogP contribution in [0.1, 0.15) is 31.0 Å². The Morgan fingerprint density at radius 1 is 1.23 bits per heavy atom. The molecule has 0 fully saturated rings. The number of rotatable bonds is 4. The van der Waals surface area contributed by atoms with Gasteiger partial charge in [0.15, 0.2) is 5.11 Å². The van der Waals surface area contributed by atoms with Gasteiger partial charge in [0.2, 0.25) is 5.96 Å². The first-order valence-corrected chi connectivity index (χ1v) is 11.7. The Kier molecular flexibility index (Phi) is 5.42. The van der Waals surface area contributed by atoms with Crippen molar-refractivity contribution in [2.24, 2.45) is 10.7 Å². The Morgan fingerprint density at radius 2 is 1.97 bits per heavy atom. The summed E-state index contributed by atoms with van der Waals surface area (Å²) in [7, 11) is -3.80. The predicted octanol–water partition coefficient (Wildman–Crippen LogP) is 2.39. The number of benzene rings is 2. The van der Waals surface area contributed by atoms with Crippen molar-refractivity contribution in [3.8, 4) is 0 Å². The zero-order valence-electron chi connectivity index (χ0n) is 16.9. The molecule has 4 rings (SSSR count). The van der Waals surface area contributed by atoms with Gasteiger partial charge in [0.1, 0.15) is 0 Å². The molecule has 2 heterocycles. The number of sulfonamides is 1. The molecule has 0 amide bonds. The van der Waals surface area contributed by atoms with Crippen LogP contribution >= 0.6 is 12.2 Å². The van der Waals surface area contributed by atoms with Gasteiger partial charge in [0.05, 0.1) is 17.5 Å². The fourth-order valence-corrected chi connectivity index (χ4v) is 5.64. The molecule has 2 aromatic rings. The second-order valence-corrected chi connectivity index (χ2v) is 10.00. The zero-order valence-corrected chi connectivity index (χ0v) is 18.6. The first-order chi connectivity index (χ1) is 14.3. The minimum Gasteiger partial charge on any atom is -0.369 e. The number of aliphatic imine (C=N–C) groups is 1. The number of anilines is 1. The standard InChI is InChI=1S/C21H25N5O2S2/c1-14(2)23-21(29)25-11-10-16-12-17(8-9-19(16)25)30(27,28)26-13-18(24-20(26)22)15-6-4-3-5-7-15/h3-9,12,14,18H,10-11,13H2,1-2H3,(H2,22,24)(H,23,29)/t18-/m1/s1. The van der Waals surface area contributed by atoms with Gasteiger partial charge in [-0.25, -0.2) is 17.7 Å². The van der Waals surface area contributed by atoms with Gasteiger partial charge in [-0.1, -0.05) is 30.3 Å². The number of fused-ring (bicyclic) bond motifs is 1. The molecule has 0 bridgehead atoms. The van der Waals surface area contributed by atoms with Crippen LogP contribution in [-0.2, 0) is 16.4 Å². The van der Waals surface area contributed by atoms with E-state index >= 15 is 0 Å². The van der Waals surface area contributed by atoms with E-state index in [0.717, 1.165) is 29.8 Å². The van der Waals surface area contributed by atoms with Crippen LogP contribution < -0.4 is 16.0 Å². The molecule has 1 atom stereocenters. The summed E-state index contributed by atoms with van der Waals surface area (Å²) in [5.41, 5.74) is 8.85. The van der Waals surface area contributed by atoms with Gasteiger partial charge < -0.3 is 16.0 Å². The lowest BCUT2D eigenvalue weighted by atomic mass is 10.1. The topological polar surface area (TPSA) is 91.0 Å². The minimum atomic E-state index is -3.80. The fourth-order valence-electron chi connectivity index (χ4n) is 3.79. The maximum absolute atomic E-state index is 13.3. The van der Waals surface area contributed by atoms with Crippen LogP contribution in [0.15, 0.2) is 58.4 Å². The summed E-state index contributed by atoms with van der Waals surface area (Å²) < 4.78 is 27.8. The van der Waals surface area contributed by atoms with Crippen molar-refractivity contribution in [3.05, 3.63) is 59.7 Å². The zero-order chi connectivity index (χ0) is 21.5. The average Bonchev–Trinajstić information content (AvgIpc) is 3.31. The van der Waals surface area contributed by atoms with Crippen LogP contribution in [0.25, 0.3) is 0 Å². The lowest BCUT2D eigenvalue weighted by Gasteiger charge is -2.23. The third-order valence-corrected chi connectivity index (χ3v) is 7.36. The maximum Gasteiger partial charge on any atom is 0.266 e. The number of thiocarbonyl (C=S) groups is 1. The molecule has 2 aromatic carbocycles. The Bertz CT molecular complexity index is 1100. The van der Waals surface area contributed by atoms with Gasteiger partial charge in [0, 0.05) is 18.3 Å². The van der Waals surface area contributed by atoms with E-state index in [4.69, 9.17) is 18.0 Å². The lowest BCUT2D eigenvalue weighted by molar-refractivity contribution is 0.518. The highest BCUT2D eigenvalue weighted by Gasteiger charge is 2.35. The molecule has 0 aliphatic carbocycles. The summed E-state index contributed by atoms with van der Waals surface area (Å²) in [6.07, 6.45) is 0.731. The van der Waals surface area contributed by atoms with E-state index in [9.17, 15) is 8.42 Å². The minimum absolute atomic E-state index is 0.0216. The van der Waals surface area contributed by atoms with Gasteiger partial charge in [-0.3, -0.25) is 0 Å². The van der Waals surface area contributed by atoms with Crippen LogP contribution in [0.2, 0.25) is 0 Å². The number of hydrogen-bond donors (Lipinski definition) is 2. The Hall–Kier alpha value is -2.65. The summed E-state index contributed by atoms with van der Waals surface area (Å²) in [5, 5.41) is 3.89. The Labute approximate surface area is 182 Å². The number of nitrogens with one attached hydrogen (secondary N) is 1. The van der Waals surface area contributed by atoms with Gasteiger partial charge >= 0.3 is 0 Å². The van der Waals surface area contributed by atoms with Crippen molar-refractivity contribution in [2.75, 3.05) is 18.0 Å². The molecule has 0 spiro atoms. The molecule has 0 saturated carbocycles. The molecule has 0 unspecified atom stereocenters. The first kappa shape index (κ1) is 20.6. The van der Waals surface area contributed by atoms with Crippen LogP contribution in [0.5, 0.6) is 0 Å². The van der Waals surface area contributed by atoms with Crippen molar-refractivity contribution in [3.63, 3.8) is 0 Å². The molecule has 0 saturated heterocycles. The molecular weight excluding hydrogens is 418 g/mol. The third-order valence-electron chi connectivity index (χ3n) is 5.26. The second-order valence-electron chi connectivity index (χ2n) is 7.75. The van der Waals surface area contributed by atoms with E-state index in [-0.39, 0.29) is 29.5 Å². The maximum atomic E-state index is 13.3. The number of nitrogens with two attached hydrogens (primary N) is 1. The van der Waals surface area contributed by atoms with Crippen LogP contribution in [-0.4, -0.2) is 42.9 Å². The van der Waals surface area contributed by atoms with Crippen LogP contribution in [0.4, 0.5) is 5.69 Å². The summed E-state index contributed by atoms with van der Waals surface area (Å²) in [5.74, 6) is 0.0216. The van der Waals surface area contributed by atoms with Crippen molar-refractivity contribution in [2.45, 2.75) is 37.2 Å². The Morgan fingerprint density at radius 3 is 2.67 bits per heavy atom. The predicted molar refractivity (Wildman–Crippen MR) is 123 cm³/mol. The van der Waals surface area contributed by atoms with Gasteiger partial charge in [-0.05, 0) is 61.8 Å². The van der Waals surface area contributed by atoms with Crippen molar-refractivity contribution < 1.29 is 8.42 Å². The quantitative estimate of drug-likeness (QED) is 0.705. The molecule has 3 N–H and O–H groups in total. The second kappa shape index (κ2) is 7.88. The SMILES string of the molecule is CC(C)NC(=S)N1CCc2cc(S(=O)(=O)N3C[C@H](c4ccccc4)N=C3N)ccc21. The average molecular weight is 444 g/mol. The van der Waals surface area contributed by atoms with E-state index < -0.39 is 10.0 Å². The van der Waals surface area contributed by atoms with E-state index in [2.05, 4.69) is 10.3 Å². The van der Waals surface area contributed by atoms with E-state index in [1.807, 2.05) is 55.1 Å². The molecule has 2 aliphatic rings. The molecule has 2 aliphatic heterocycles. The highest BCUT2D eigenvalue weighted by molar-refractivity contribution is 7.89. The monoisotopic (exact) mass is 443 g/mol. The lowest BCUT2D eigenvalue weighted by Crippen LogP contribution is -2.42. The molecule has 7 nitrogen and oxygen atoms in total. The van der Waals surface area contributed by atoms with Crippen LogP contribution in [0, 0.1) is 0 Å². The van der Waals surface area contributed by atoms with Gasteiger partial charge in [0.25, 0.3) is 10.0 Å². The number of guanidine groups is 1. The van der Waals surface area contributed by atoms with Crippen molar-refractivity contribution in [1.29, 1.82) is 0 Å². The molecular formula is C21H25N5O2S2. The highest BCUT2D eigenvalue weighted by atomic mass is 32.2. The van der Waals surface area contributed by atoms with E-state index in [1.54, 1.807) is 12.1 Å². The van der Waals surface area contributed by atoms with E-state index in [0.29, 0.717) is 5.11 Å². The molecule has 0 radical (unpaired) electrons. The highest BCUT2D eigenvalue weighted by Crippen LogP contribution is 2.33. The normalized spacial score (nSPS) is 18.5. The van der Waals surface area contributed by atoms with Crippen molar-refractivity contribution >= 4 is 39.0 Å². The number of nitrogens with zero attached hydrogens (tertiary/aromatic N) is 3. The molecule has 158 valence electrons. The summed E-state index contributed by atoms with van der Waals surface area (Å²) in [6, 6.07) is 14.7. The molecule has 30 heavy (non-hydrogen) atoms. The summed E-state index contributed by atoms with van der Waals surface area (Å²) >= 11 is 5.49. The summed E-state index contributed by atoms with van der Waals surface area (Å²) in [6.45, 7) is 4.98. The first-order valence-electron chi connectivity index (χ1n) is 9.89. The largest absolute Gasteiger partial charge is 0.369 e. The van der Waals surface area contributed by atoms with Gasteiger partial charge in [-0.15, -0.1) is 0 Å². The van der Waals surface area contributed by atoms with Gasteiger partial charge in [-0.2, -0.15) is 0 Å².